The molecule has 0 saturated heterocycles. The summed E-state index contributed by atoms with van der Waals surface area (Å²) in [5.74, 6) is -0.941. The summed E-state index contributed by atoms with van der Waals surface area (Å²) in [6.07, 6.45) is 16.0. The second-order valence-electron chi connectivity index (χ2n) is 7.87. The smallest absolute Gasteiger partial charge is 0.320 e. The molecular weight excluding hydrogens is 350 g/mol. The van der Waals surface area contributed by atoms with Crippen LogP contribution in [0.2, 0.25) is 0 Å². The summed E-state index contributed by atoms with van der Waals surface area (Å²) >= 11 is 0. The van der Waals surface area contributed by atoms with Crippen molar-refractivity contribution in [2.75, 3.05) is 0 Å². The molecule has 0 bridgehead atoms. The van der Waals surface area contributed by atoms with E-state index in [4.69, 9.17) is 10.8 Å². The van der Waals surface area contributed by atoms with E-state index in [0.717, 1.165) is 18.4 Å². The molecule has 0 saturated carbocycles. The maximum absolute atomic E-state index is 12.5. The lowest BCUT2D eigenvalue weighted by molar-refractivity contribution is -0.138. The molecule has 1 rings (SSSR count). The molecule has 1 aromatic rings. The second kappa shape index (κ2) is 15.3. The fourth-order valence-corrected chi connectivity index (χ4v) is 3.56. The highest BCUT2D eigenvalue weighted by Gasteiger charge is 2.17. The van der Waals surface area contributed by atoms with E-state index in [9.17, 15) is 9.59 Å². The number of hydrogen-bond donors (Lipinski definition) is 2. The van der Waals surface area contributed by atoms with Gasteiger partial charge in [-0.2, -0.15) is 0 Å². The molecule has 0 unspecified atom stereocenters. The van der Waals surface area contributed by atoms with Gasteiger partial charge in [0.15, 0.2) is 5.78 Å². The zero-order valence-electron chi connectivity index (χ0n) is 17.6. The number of unbranched alkanes of at least 4 members (excludes halogenated alkanes) is 11. The first-order valence-electron chi connectivity index (χ1n) is 11.2. The predicted octanol–water partition coefficient (Wildman–Crippen LogP) is 5.91. The van der Waals surface area contributed by atoms with Crippen molar-refractivity contribution in [1.29, 1.82) is 0 Å². The third-order valence-corrected chi connectivity index (χ3v) is 5.33. The van der Waals surface area contributed by atoms with Crippen molar-refractivity contribution in [2.24, 2.45) is 5.73 Å². The van der Waals surface area contributed by atoms with Crippen LogP contribution in [-0.4, -0.2) is 22.9 Å². The topological polar surface area (TPSA) is 80.4 Å². The SMILES string of the molecule is CCCCCCCCCCCCCCC(=O)c1ccccc1C[C@H](N)C(=O)O. The molecule has 28 heavy (non-hydrogen) atoms. The molecule has 3 N–H and O–H groups in total. The molecule has 0 aromatic heterocycles. The van der Waals surface area contributed by atoms with E-state index < -0.39 is 12.0 Å². The highest BCUT2D eigenvalue weighted by molar-refractivity contribution is 5.97. The first kappa shape index (κ1) is 24.4. The lowest BCUT2D eigenvalue weighted by atomic mass is 9.95. The van der Waals surface area contributed by atoms with E-state index in [-0.39, 0.29) is 12.2 Å². The Morgan fingerprint density at radius 1 is 0.857 bits per heavy atom. The average molecular weight is 390 g/mol. The first-order valence-corrected chi connectivity index (χ1v) is 11.2. The zero-order chi connectivity index (χ0) is 20.6. The Morgan fingerprint density at radius 2 is 1.36 bits per heavy atom. The maximum Gasteiger partial charge on any atom is 0.320 e. The third kappa shape index (κ3) is 10.6. The molecule has 1 aromatic carbocycles. The van der Waals surface area contributed by atoms with E-state index in [1.807, 2.05) is 12.1 Å². The van der Waals surface area contributed by atoms with E-state index >= 15 is 0 Å². The van der Waals surface area contributed by atoms with Gasteiger partial charge in [-0.1, -0.05) is 102 Å². The van der Waals surface area contributed by atoms with Crippen molar-refractivity contribution in [1.82, 2.24) is 0 Å². The number of ketones is 1. The second-order valence-corrected chi connectivity index (χ2v) is 7.87. The Labute approximate surface area is 170 Å². The first-order chi connectivity index (χ1) is 13.6. The van der Waals surface area contributed by atoms with E-state index in [1.54, 1.807) is 12.1 Å². The maximum atomic E-state index is 12.5. The van der Waals surface area contributed by atoms with Crippen LogP contribution in [0.5, 0.6) is 0 Å². The van der Waals surface area contributed by atoms with Gasteiger partial charge in [-0.25, -0.2) is 0 Å². The molecule has 4 heteroatoms. The number of hydrogen-bond acceptors (Lipinski definition) is 3. The molecule has 0 spiro atoms. The molecule has 0 heterocycles. The molecule has 158 valence electrons. The minimum atomic E-state index is -1.04. The van der Waals surface area contributed by atoms with Crippen LogP contribution < -0.4 is 5.73 Å². The van der Waals surface area contributed by atoms with Gasteiger partial charge in [-0.3, -0.25) is 9.59 Å². The van der Waals surface area contributed by atoms with Crippen molar-refractivity contribution >= 4 is 11.8 Å². The minimum Gasteiger partial charge on any atom is -0.480 e. The van der Waals surface area contributed by atoms with Crippen molar-refractivity contribution in [2.45, 2.75) is 103 Å². The average Bonchev–Trinajstić information content (AvgIpc) is 2.69. The molecule has 0 fully saturated rings. The molecule has 1 atom stereocenters. The lowest BCUT2D eigenvalue weighted by Gasteiger charge is -2.11. The molecule has 0 aliphatic heterocycles. The summed E-state index contributed by atoms with van der Waals surface area (Å²) in [5.41, 5.74) is 6.99. The fourth-order valence-electron chi connectivity index (χ4n) is 3.56. The van der Waals surface area contributed by atoms with Crippen molar-refractivity contribution in [3.05, 3.63) is 35.4 Å². The Morgan fingerprint density at radius 3 is 1.89 bits per heavy atom. The number of Topliss-reactive ketones (excluding diaryl/α,β-unsaturated/α-hetero) is 1. The van der Waals surface area contributed by atoms with Crippen LogP contribution in [0.1, 0.15) is 106 Å². The molecule has 0 aliphatic carbocycles. The van der Waals surface area contributed by atoms with Gasteiger partial charge in [-0.15, -0.1) is 0 Å². The summed E-state index contributed by atoms with van der Waals surface area (Å²) in [4.78, 5) is 23.5. The number of carbonyl (C=O) groups excluding carboxylic acids is 1. The van der Waals surface area contributed by atoms with E-state index in [2.05, 4.69) is 6.92 Å². The van der Waals surface area contributed by atoms with Crippen LogP contribution in [0.15, 0.2) is 24.3 Å². The molecule has 4 nitrogen and oxygen atoms in total. The van der Waals surface area contributed by atoms with Crippen LogP contribution in [0, 0.1) is 0 Å². The quantitative estimate of drug-likeness (QED) is 0.256. The van der Waals surface area contributed by atoms with Crippen LogP contribution in [0.25, 0.3) is 0 Å². The van der Waals surface area contributed by atoms with Gasteiger partial charge in [0.1, 0.15) is 6.04 Å². The van der Waals surface area contributed by atoms with Crippen molar-refractivity contribution in [3.8, 4) is 0 Å². The normalized spacial score (nSPS) is 12.1. The number of nitrogens with two attached hydrogens (primary N) is 1. The fraction of sp³-hybridized carbons (Fsp3) is 0.667. The van der Waals surface area contributed by atoms with Crippen molar-refractivity contribution < 1.29 is 14.7 Å². The number of rotatable bonds is 17. The van der Waals surface area contributed by atoms with Crippen LogP contribution >= 0.6 is 0 Å². The summed E-state index contributed by atoms with van der Waals surface area (Å²) < 4.78 is 0. The highest BCUT2D eigenvalue weighted by atomic mass is 16.4. The van der Waals surface area contributed by atoms with E-state index in [1.165, 1.54) is 64.2 Å². The number of aliphatic carboxylic acids is 1. The Hall–Kier alpha value is -1.68. The van der Waals surface area contributed by atoms with Crippen LogP contribution in [-0.2, 0) is 11.2 Å². The van der Waals surface area contributed by atoms with E-state index in [0.29, 0.717) is 12.0 Å². The number of carboxylic acid groups (broad SMARTS) is 1. The number of benzene rings is 1. The molecular formula is C24H39NO3. The van der Waals surface area contributed by atoms with Gasteiger partial charge < -0.3 is 10.8 Å². The van der Waals surface area contributed by atoms with Gasteiger partial charge in [0, 0.05) is 12.0 Å². The summed E-state index contributed by atoms with van der Waals surface area (Å²) in [6.45, 7) is 2.25. The largest absolute Gasteiger partial charge is 0.480 e. The summed E-state index contributed by atoms with van der Waals surface area (Å²) in [5, 5.41) is 8.99. The van der Waals surface area contributed by atoms with Crippen LogP contribution in [0.3, 0.4) is 0 Å². The van der Waals surface area contributed by atoms with Gasteiger partial charge in [0.25, 0.3) is 0 Å². The zero-order valence-corrected chi connectivity index (χ0v) is 17.6. The van der Waals surface area contributed by atoms with Gasteiger partial charge in [0.05, 0.1) is 0 Å². The Kier molecular flexibility index (Phi) is 13.3. The monoisotopic (exact) mass is 389 g/mol. The lowest BCUT2D eigenvalue weighted by Crippen LogP contribution is -2.32. The molecule has 0 amide bonds. The number of carboxylic acids is 1. The minimum absolute atomic E-state index is 0.0975. The third-order valence-electron chi connectivity index (χ3n) is 5.33. The number of carbonyl (C=O) groups is 2. The van der Waals surface area contributed by atoms with Gasteiger partial charge >= 0.3 is 5.97 Å². The standard InChI is InChI=1S/C24H39NO3/c1-2-3-4-5-6-7-8-9-10-11-12-13-18-23(26)21-17-15-14-16-20(21)19-22(25)24(27)28/h14-17,22H,2-13,18-19,25H2,1H3,(H,27,28)/t22-/m0/s1. The van der Waals surface area contributed by atoms with Gasteiger partial charge in [-0.05, 0) is 18.4 Å². The Balaban J connectivity index is 2.16. The molecule has 0 aliphatic rings. The molecule has 0 radical (unpaired) electrons. The predicted molar refractivity (Wildman–Crippen MR) is 116 cm³/mol. The van der Waals surface area contributed by atoms with Gasteiger partial charge in [0.2, 0.25) is 0 Å². The van der Waals surface area contributed by atoms with Crippen LogP contribution in [0.4, 0.5) is 0 Å². The Bertz CT molecular complexity index is 571. The summed E-state index contributed by atoms with van der Waals surface area (Å²) in [6, 6.07) is 6.27. The summed E-state index contributed by atoms with van der Waals surface area (Å²) in [7, 11) is 0. The highest BCUT2D eigenvalue weighted by Crippen LogP contribution is 2.17. The van der Waals surface area contributed by atoms with Crippen molar-refractivity contribution in [3.63, 3.8) is 0 Å².